The van der Waals surface area contributed by atoms with E-state index < -0.39 is 29.9 Å². The molecule has 0 amide bonds. The predicted molar refractivity (Wildman–Crippen MR) is 240 cm³/mol. The van der Waals surface area contributed by atoms with E-state index in [4.69, 9.17) is 19.9 Å². The second-order valence-electron chi connectivity index (χ2n) is 20.3. The number of thioether (sulfide) groups is 1. The number of allylic oxidation sites excluding steroid dienone is 5. The van der Waals surface area contributed by atoms with E-state index in [1.54, 1.807) is 11.1 Å². The lowest BCUT2D eigenvalue weighted by Crippen LogP contribution is -2.53. The highest BCUT2D eigenvalue weighted by molar-refractivity contribution is 8.00. The van der Waals surface area contributed by atoms with Gasteiger partial charge in [-0.05, 0) is 123 Å². The third-order valence-corrected chi connectivity index (χ3v) is 29.5. The van der Waals surface area contributed by atoms with Gasteiger partial charge in [-0.25, -0.2) is 0 Å². The van der Waals surface area contributed by atoms with E-state index in [9.17, 15) is 0 Å². The molecule has 2 saturated carbocycles. The van der Waals surface area contributed by atoms with Crippen molar-refractivity contribution in [1.82, 2.24) is 0 Å². The minimum atomic E-state index is -2.17. The van der Waals surface area contributed by atoms with Crippen molar-refractivity contribution < 1.29 is 13.3 Å². The molecular weight excluding hydrogens is 705 g/mol. The van der Waals surface area contributed by atoms with Gasteiger partial charge < -0.3 is 13.3 Å². The minimum absolute atomic E-state index is 0.0675. The molecule has 4 atom stereocenters. The summed E-state index contributed by atoms with van der Waals surface area (Å²) in [5.41, 5.74) is 5.82. The molecule has 52 heavy (non-hydrogen) atoms. The summed E-state index contributed by atoms with van der Waals surface area (Å²) in [6.07, 6.45) is 20.0. The lowest BCUT2D eigenvalue weighted by Gasteiger charge is -2.51. The van der Waals surface area contributed by atoms with Gasteiger partial charge in [-0.3, -0.25) is 0 Å². The van der Waals surface area contributed by atoms with E-state index in [0.29, 0.717) is 11.3 Å². The zero-order valence-electron chi connectivity index (χ0n) is 37.2. The molecule has 0 aromatic carbocycles. The first-order valence-electron chi connectivity index (χ1n) is 20.9. The SMILES string of the molecule is C=C1C(=CC=C2CCC[C@]3(C)C(CC)=CC[C@@H]23)C[C@](O[Si](C)(C)C(C)(C)C)(SCC=CC(C)(C)O[Si](CC)(CC)CC)C[C@@H]1O[Si](C)(C)C(C)(C)C. The van der Waals surface area contributed by atoms with E-state index in [1.165, 1.54) is 43.3 Å². The number of fused-ring (bicyclic) bond motifs is 1. The number of hydrogen-bond donors (Lipinski definition) is 0. The minimum Gasteiger partial charge on any atom is -0.410 e. The smallest absolute Gasteiger partial charge is 0.193 e. The first-order valence-corrected chi connectivity index (χ1v) is 30.3. The van der Waals surface area contributed by atoms with Crippen LogP contribution < -0.4 is 0 Å². The molecule has 3 nitrogen and oxygen atoms in total. The van der Waals surface area contributed by atoms with Gasteiger partial charge in [0.15, 0.2) is 25.0 Å². The molecule has 0 aromatic heterocycles. The van der Waals surface area contributed by atoms with Crippen LogP contribution >= 0.6 is 11.8 Å². The van der Waals surface area contributed by atoms with Crippen LogP contribution in [0.15, 0.2) is 59.3 Å². The highest BCUT2D eigenvalue weighted by Gasteiger charge is 2.51. The Morgan fingerprint density at radius 3 is 2.04 bits per heavy atom. The van der Waals surface area contributed by atoms with Crippen molar-refractivity contribution in [3.63, 3.8) is 0 Å². The second kappa shape index (κ2) is 17.0. The number of hydrogen-bond acceptors (Lipinski definition) is 4. The Bertz CT molecular complexity index is 1360. The average Bonchev–Trinajstić information content (AvgIpc) is 3.38. The van der Waals surface area contributed by atoms with Crippen LogP contribution in [0.2, 0.25) is 54.4 Å². The van der Waals surface area contributed by atoms with Gasteiger partial charge in [0.25, 0.3) is 0 Å². The first-order chi connectivity index (χ1) is 23.8. The zero-order valence-corrected chi connectivity index (χ0v) is 41.0. The summed E-state index contributed by atoms with van der Waals surface area (Å²) in [6, 6.07) is 3.49. The van der Waals surface area contributed by atoms with Gasteiger partial charge >= 0.3 is 0 Å². The van der Waals surface area contributed by atoms with Crippen molar-refractivity contribution in [2.45, 2.75) is 206 Å². The maximum atomic E-state index is 7.68. The molecule has 0 heterocycles. The van der Waals surface area contributed by atoms with Crippen LogP contribution in [0.4, 0.5) is 0 Å². The Morgan fingerprint density at radius 1 is 0.904 bits per heavy atom. The molecule has 0 unspecified atom stereocenters. The van der Waals surface area contributed by atoms with Crippen molar-refractivity contribution in [3.05, 3.63) is 59.3 Å². The summed E-state index contributed by atoms with van der Waals surface area (Å²) in [5.74, 6) is 1.50. The van der Waals surface area contributed by atoms with Crippen LogP contribution in [0.3, 0.4) is 0 Å². The molecular formula is C45H82O3SSi3. The summed E-state index contributed by atoms with van der Waals surface area (Å²) >= 11 is 1.99. The normalized spacial score (nSPS) is 28.6. The van der Waals surface area contributed by atoms with E-state index in [-0.39, 0.29) is 21.8 Å². The standard InChI is InChI=1S/C45H82O3SSi3/c1-19-38-28-29-39-36(25-23-31-44(38,39)14)26-27-37-33-45(48-51(17,18)42(9,10)11,34-40(35(37)5)46-50(15,16)41(6,7)8)49-32-24-30-43(12,13)47-52(20-2,21-3)22-4/h24,26-28,30,39-40H,5,19-23,25,29,31-34H2,1-4,6-18H3/t39-,40-,44+,45-/m0/s1. The van der Waals surface area contributed by atoms with E-state index in [1.807, 2.05) is 11.8 Å². The Kier molecular flexibility index (Phi) is 15.0. The molecule has 3 aliphatic carbocycles. The van der Waals surface area contributed by atoms with Gasteiger partial charge in [-0.1, -0.05) is 124 Å². The fourth-order valence-corrected chi connectivity index (χ4v) is 16.2. The van der Waals surface area contributed by atoms with Crippen molar-refractivity contribution in [2.75, 3.05) is 5.75 Å². The largest absolute Gasteiger partial charge is 0.410 e. The van der Waals surface area contributed by atoms with Crippen molar-refractivity contribution in [3.8, 4) is 0 Å². The molecule has 0 spiro atoms. The van der Waals surface area contributed by atoms with Crippen LogP contribution in [0.25, 0.3) is 0 Å². The molecule has 3 rings (SSSR count). The highest BCUT2D eigenvalue weighted by atomic mass is 32.2. The summed E-state index contributed by atoms with van der Waals surface area (Å²) in [4.78, 5) is -0.406. The predicted octanol–water partition coefficient (Wildman–Crippen LogP) is 14.9. The Balaban J connectivity index is 2.09. The molecule has 0 aliphatic heterocycles. The summed E-state index contributed by atoms with van der Waals surface area (Å²) in [7, 11) is -6.01. The van der Waals surface area contributed by atoms with Crippen molar-refractivity contribution >= 4 is 36.7 Å². The molecule has 2 fully saturated rings. The van der Waals surface area contributed by atoms with Crippen LogP contribution in [-0.4, -0.2) is 47.3 Å². The van der Waals surface area contributed by atoms with E-state index >= 15 is 0 Å². The van der Waals surface area contributed by atoms with Crippen molar-refractivity contribution in [1.29, 1.82) is 0 Å². The summed E-state index contributed by atoms with van der Waals surface area (Å²) in [6.45, 7) is 44.9. The molecule has 3 aliphatic rings. The maximum Gasteiger partial charge on any atom is 0.193 e. The molecule has 0 N–H and O–H groups in total. The van der Waals surface area contributed by atoms with Gasteiger partial charge in [0, 0.05) is 18.6 Å². The molecule has 0 saturated heterocycles. The maximum absolute atomic E-state index is 7.68. The summed E-state index contributed by atoms with van der Waals surface area (Å²) in [5, 5.41) is 0.198. The monoisotopic (exact) mass is 787 g/mol. The van der Waals surface area contributed by atoms with Gasteiger partial charge in [0.1, 0.15) is 4.93 Å². The third-order valence-electron chi connectivity index (χ3n) is 14.2. The zero-order chi connectivity index (χ0) is 39.6. The molecule has 7 heteroatoms. The Morgan fingerprint density at radius 2 is 1.50 bits per heavy atom. The van der Waals surface area contributed by atoms with Crippen LogP contribution in [0.5, 0.6) is 0 Å². The number of rotatable bonds is 15. The van der Waals surface area contributed by atoms with Gasteiger partial charge in [0.2, 0.25) is 0 Å². The molecule has 0 radical (unpaired) electrons. The van der Waals surface area contributed by atoms with Crippen molar-refractivity contribution in [2.24, 2.45) is 11.3 Å². The van der Waals surface area contributed by atoms with Gasteiger partial charge in [0.05, 0.1) is 11.7 Å². The van der Waals surface area contributed by atoms with Gasteiger partial charge in [-0.15, -0.1) is 11.8 Å². The van der Waals surface area contributed by atoms with Gasteiger partial charge in [-0.2, -0.15) is 0 Å². The lowest BCUT2D eigenvalue weighted by atomic mass is 9.64. The lowest BCUT2D eigenvalue weighted by molar-refractivity contribution is 0.0727. The first kappa shape index (κ1) is 46.0. The van der Waals surface area contributed by atoms with Crippen LogP contribution in [-0.2, 0) is 13.3 Å². The van der Waals surface area contributed by atoms with E-state index in [2.05, 4.69) is 147 Å². The quantitative estimate of drug-likeness (QED) is 0.0939. The average molecular weight is 787 g/mol. The van der Waals surface area contributed by atoms with Crippen LogP contribution in [0.1, 0.15) is 135 Å². The summed E-state index contributed by atoms with van der Waals surface area (Å²) < 4.78 is 22.0. The van der Waals surface area contributed by atoms with Crippen LogP contribution in [0, 0.1) is 11.3 Å². The van der Waals surface area contributed by atoms with E-state index in [0.717, 1.165) is 36.7 Å². The third kappa shape index (κ3) is 10.5. The Hall–Kier alpha value is -0.419. The Labute approximate surface area is 330 Å². The highest BCUT2D eigenvalue weighted by Crippen LogP contribution is 2.56. The topological polar surface area (TPSA) is 27.7 Å². The fourth-order valence-electron chi connectivity index (χ4n) is 8.49. The second-order valence-corrected chi connectivity index (χ2v) is 35.8. The molecule has 0 aromatic rings. The molecule has 298 valence electrons. The molecule has 0 bridgehead atoms. The fraction of sp³-hybridized carbons (Fsp3) is 0.778.